The second-order valence-electron chi connectivity index (χ2n) is 6.18. The Hall–Kier alpha value is -2.57. The van der Waals surface area contributed by atoms with E-state index in [1.807, 2.05) is 20.8 Å². The number of carbonyl (C=O) groups is 2. The molecular formula is C18H26N4O3. The second kappa shape index (κ2) is 7.55. The molecule has 7 nitrogen and oxygen atoms in total. The van der Waals surface area contributed by atoms with Gasteiger partial charge in [-0.1, -0.05) is 13.8 Å². The number of aliphatic imine (C=N–C) groups is 1. The van der Waals surface area contributed by atoms with Crippen LogP contribution in [0.1, 0.15) is 56.0 Å². The lowest BCUT2D eigenvalue weighted by Crippen LogP contribution is -2.50. The van der Waals surface area contributed by atoms with Crippen LogP contribution in [0, 0.1) is 0 Å². The lowest BCUT2D eigenvalue weighted by atomic mass is 9.88. The first kappa shape index (κ1) is 18.8. The molecule has 0 saturated carbocycles. The normalized spacial score (nSPS) is 16.5. The highest BCUT2D eigenvalue weighted by molar-refractivity contribution is 5.99. The summed E-state index contributed by atoms with van der Waals surface area (Å²) in [6.07, 6.45) is 1.83. The third-order valence-corrected chi connectivity index (χ3v) is 4.70. The Balaban J connectivity index is 2.36. The number of guanidine groups is 1. The monoisotopic (exact) mass is 346 g/mol. The van der Waals surface area contributed by atoms with E-state index in [-0.39, 0.29) is 18.4 Å². The second-order valence-corrected chi connectivity index (χ2v) is 6.18. The van der Waals surface area contributed by atoms with Crippen molar-refractivity contribution in [1.29, 1.82) is 0 Å². The van der Waals surface area contributed by atoms with E-state index in [9.17, 15) is 9.59 Å². The lowest BCUT2D eigenvalue weighted by Gasteiger charge is -2.36. The fraction of sp³-hybridized carbons (Fsp3) is 0.500. The number of rotatable bonds is 7. The van der Waals surface area contributed by atoms with Gasteiger partial charge in [-0.3, -0.25) is 14.5 Å². The van der Waals surface area contributed by atoms with Crippen LogP contribution in [0.25, 0.3) is 0 Å². The van der Waals surface area contributed by atoms with Crippen molar-refractivity contribution >= 4 is 17.8 Å². The molecule has 25 heavy (non-hydrogen) atoms. The molecule has 0 fully saturated rings. The first-order valence-corrected chi connectivity index (χ1v) is 8.57. The Morgan fingerprint density at radius 1 is 1.32 bits per heavy atom. The standard InChI is InChI=1S/C18H26N4O3/c1-4-18(5-2)10-15(23)22(17(20)21-18)11-13-9-12(16(19)24)7-8-14(13)25-6-3/h7-9H,4-6,10-11H2,1-3H3,(H2,19,24)(H2,20,21). The van der Waals surface area contributed by atoms with Crippen LogP contribution in [0.15, 0.2) is 23.2 Å². The molecule has 0 radical (unpaired) electrons. The van der Waals surface area contributed by atoms with Crippen molar-refractivity contribution in [3.63, 3.8) is 0 Å². The average molecular weight is 346 g/mol. The van der Waals surface area contributed by atoms with Gasteiger partial charge in [-0.05, 0) is 38.0 Å². The summed E-state index contributed by atoms with van der Waals surface area (Å²) in [6.45, 7) is 6.54. The van der Waals surface area contributed by atoms with Crippen molar-refractivity contribution in [1.82, 2.24) is 4.90 Å². The van der Waals surface area contributed by atoms with Gasteiger partial charge in [0, 0.05) is 11.1 Å². The van der Waals surface area contributed by atoms with Crippen LogP contribution >= 0.6 is 0 Å². The molecule has 0 spiro atoms. The van der Waals surface area contributed by atoms with Crippen LogP contribution < -0.4 is 16.2 Å². The minimum absolute atomic E-state index is 0.0804. The highest BCUT2D eigenvalue weighted by atomic mass is 16.5. The quantitative estimate of drug-likeness (QED) is 0.784. The molecule has 1 aromatic carbocycles. The van der Waals surface area contributed by atoms with Gasteiger partial charge in [-0.15, -0.1) is 0 Å². The summed E-state index contributed by atoms with van der Waals surface area (Å²) in [6, 6.07) is 4.92. The summed E-state index contributed by atoms with van der Waals surface area (Å²) in [5.74, 6) is 0.179. The molecule has 0 aliphatic carbocycles. The molecule has 0 atom stereocenters. The molecule has 1 aromatic rings. The minimum Gasteiger partial charge on any atom is -0.494 e. The highest BCUT2D eigenvalue weighted by Crippen LogP contribution is 2.31. The zero-order valence-corrected chi connectivity index (χ0v) is 15.0. The zero-order chi connectivity index (χ0) is 18.6. The van der Waals surface area contributed by atoms with E-state index in [4.69, 9.17) is 16.2 Å². The molecule has 0 aromatic heterocycles. The molecule has 7 heteroatoms. The van der Waals surface area contributed by atoms with E-state index >= 15 is 0 Å². The van der Waals surface area contributed by atoms with Crippen LogP contribution in [0.4, 0.5) is 0 Å². The predicted molar refractivity (Wildman–Crippen MR) is 96.2 cm³/mol. The Morgan fingerprint density at radius 2 is 2.00 bits per heavy atom. The summed E-state index contributed by atoms with van der Waals surface area (Å²) in [7, 11) is 0. The van der Waals surface area contributed by atoms with E-state index in [2.05, 4.69) is 4.99 Å². The maximum atomic E-state index is 12.7. The average Bonchev–Trinajstić information content (AvgIpc) is 2.59. The fourth-order valence-electron chi connectivity index (χ4n) is 3.00. The Bertz CT molecular complexity index is 696. The number of nitrogens with two attached hydrogens (primary N) is 2. The molecule has 2 amide bonds. The number of ether oxygens (including phenoxy) is 1. The van der Waals surface area contributed by atoms with Gasteiger partial charge in [-0.25, -0.2) is 4.99 Å². The van der Waals surface area contributed by atoms with Crippen LogP contribution in [0.5, 0.6) is 5.75 Å². The van der Waals surface area contributed by atoms with Gasteiger partial charge in [0.25, 0.3) is 0 Å². The van der Waals surface area contributed by atoms with E-state index in [0.29, 0.717) is 29.9 Å². The summed E-state index contributed by atoms with van der Waals surface area (Å²) < 4.78 is 5.60. The van der Waals surface area contributed by atoms with E-state index < -0.39 is 11.4 Å². The highest BCUT2D eigenvalue weighted by Gasteiger charge is 2.37. The predicted octanol–water partition coefficient (Wildman–Crippen LogP) is 1.79. The van der Waals surface area contributed by atoms with Crippen molar-refractivity contribution in [3.05, 3.63) is 29.3 Å². The van der Waals surface area contributed by atoms with E-state index in [1.165, 1.54) is 4.90 Å². The van der Waals surface area contributed by atoms with Crippen molar-refractivity contribution in [2.45, 2.75) is 52.1 Å². The van der Waals surface area contributed by atoms with Crippen LogP contribution in [-0.4, -0.2) is 34.8 Å². The smallest absolute Gasteiger partial charge is 0.248 e. The zero-order valence-electron chi connectivity index (χ0n) is 15.0. The van der Waals surface area contributed by atoms with Gasteiger partial charge < -0.3 is 16.2 Å². The van der Waals surface area contributed by atoms with Crippen LogP contribution in [-0.2, 0) is 11.3 Å². The number of benzene rings is 1. The Morgan fingerprint density at radius 3 is 2.52 bits per heavy atom. The first-order valence-electron chi connectivity index (χ1n) is 8.57. The third-order valence-electron chi connectivity index (χ3n) is 4.70. The number of nitrogens with zero attached hydrogens (tertiary/aromatic N) is 2. The lowest BCUT2D eigenvalue weighted by molar-refractivity contribution is -0.130. The van der Waals surface area contributed by atoms with Gasteiger partial charge in [0.2, 0.25) is 11.8 Å². The van der Waals surface area contributed by atoms with Crippen LogP contribution in [0.2, 0.25) is 0 Å². The molecule has 2 rings (SSSR count). The molecule has 0 bridgehead atoms. The van der Waals surface area contributed by atoms with Gasteiger partial charge in [0.1, 0.15) is 5.75 Å². The maximum absolute atomic E-state index is 12.7. The topological polar surface area (TPSA) is 111 Å². The molecule has 0 unspecified atom stereocenters. The summed E-state index contributed by atoms with van der Waals surface area (Å²) in [4.78, 5) is 30.1. The van der Waals surface area contributed by atoms with Crippen molar-refractivity contribution in [2.24, 2.45) is 16.5 Å². The van der Waals surface area contributed by atoms with Crippen LogP contribution in [0.3, 0.4) is 0 Å². The SMILES string of the molecule is CCOc1ccc(C(N)=O)cc1CN1C(=O)CC(CC)(CC)N=C1N. The van der Waals surface area contributed by atoms with E-state index in [0.717, 1.165) is 12.8 Å². The molecular weight excluding hydrogens is 320 g/mol. The molecule has 1 aliphatic heterocycles. The Labute approximate surface area is 148 Å². The van der Waals surface area contributed by atoms with Crippen molar-refractivity contribution in [3.8, 4) is 5.75 Å². The summed E-state index contributed by atoms with van der Waals surface area (Å²) >= 11 is 0. The number of primary amides is 1. The van der Waals surface area contributed by atoms with Gasteiger partial charge in [0.05, 0.1) is 25.1 Å². The van der Waals surface area contributed by atoms with E-state index in [1.54, 1.807) is 18.2 Å². The van der Waals surface area contributed by atoms with Gasteiger partial charge >= 0.3 is 0 Å². The number of hydrogen-bond donors (Lipinski definition) is 2. The molecule has 0 saturated heterocycles. The summed E-state index contributed by atoms with van der Waals surface area (Å²) in [5.41, 5.74) is 12.1. The first-order chi connectivity index (χ1) is 11.9. The molecule has 1 aliphatic rings. The third kappa shape index (κ3) is 3.92. The van der Waals surface area contributed by atoms with Gasteiger partial charge in [-0.2, -0.15) is 0 Å². The fourth-order valence-corrected chi connectivity index (χ4v) is 3.00. The minimum atomic E-state index is -0.535. The summed E-state index contributed by atoms with van der Waals surface area (Å²) in [5, 5.41) is 0. The Kier molecular flexibility index (Phi) is 5.66. The number of hydrogen-bond acceptors (Lipinski definition) is 5. The maximum Gasteiger partial charge on any atom is 0.248 e. The van der Waals surface area contributed by atoms with Crippen molar-refractivity contribution in [2.75, 3.05) is 6.61 Å². The molecule has 4 N–H and O–H groups in total. The van der Waals surface area contributed by atoms with Crippen molar-refractivity contribution < 1.29 is 14.3 Å². The molecule has 1 heterocycles. The van der Waals surface area contributed by atoms with Gasteiger partial charge in [0.15, 0.2) is 5.96 Å². The number of amides is 2. The molecule has 136 valence electrons. The largest absolute Gasteiger partial charge is 0.494 e. The number of carbonyl (C=O) groups excluding carboxylic acids is 2.